The van der Waals surface area contributed by atoms with Crippen LogP contribution in [0.25, 0.3) is 11.1 Å². The third-order valence-electron chi connectivity index (χ3n) is 3.81. The van der Waals surface area contributed by atoms with Crippen LogP contribution in [0.3, 0.4) is 0 Å². The van der Waals surface area contributed by atoms with E-state index in [0.717, 1.165) is 5.69 Å². The predicted molar refractivity (Wildman–Crippen MR) is 98.6 cm³/mol. The molecule has 2 aromatic heterocycles. The maximum Gasteiger partial charge on any atom is 0.356 e. The summed E-state index contributed by atoms with van der Waals surface area (Å²) in [6.07, 6.45) is 3.46. The Labute approximate surface area is 155 Å². The molecule has 2 rings (SSSR count). The molecule has 2 heterocycles. The van der Waals surface area contributed by atoms with E-state index >= 15 is 0 Å². The van der Waals surface area contributed by atoms with Crippen LogP contribution in [-0.4, -0.2) is 37.8 Å². The summed E-state index contributed by atoms with van der Waals surface area (Å²) in [4.78, 5) is 14.7. The van der Waals surface area contributed by atoms with E-state index in [9.17, 15) is 20.6 Å². The molecule has 26 heavy (non-hydrogen) atoms. The number of carbonyl (C=O) groups excluding carboxylic acids is 1. The lowest BCUT2D eigenvalue weighted by Gasteiger charge is -2.13. The number of thioether (sulfide) groups is 1. The summed E-state index contributed by atoms with van der Waals surface area (Å²) in [5.74, 6) is -0.569. The third-order valence-corrected chi connectivity index (χ3v) is 4.62. The first-order valence-corrected chi connectivity index (χ1v) is 8.60. The van der Waals surface area contributed by atoms with Gasteiger partial charge in [0.05, 0.1) is 18.2 Å². The second-order valence-corrected chi connectivity index (χ2v) is 6.18. The quantitative estimate of drug-likeness (QED) is 0.466. The summed E-state index contributed by atoms with van der Waals surface area (Å²) in [6, 6.07) is 9.08. The van der Waals surface area contributed by atoms with Crippen LogP contribution in [0.4, 0.5) is 5.69 Å². The van der Waals surface area contributed by atoms with Crippen LogP contribution >= 0.6 is 11.8 Å². The molecule has 0 N–H and O–H groups in total. The van der Waals surface area contributed by atoms with E-state index in [1.165, 1.54) is 18.9 Å². The number of fused-ring (bicyclic) bond motifs is 1. The molecule has 0 spiro atoms. The van der Waals surface area contributed by atoms with Gasteiger partial charge < -0.3 is 14.0 Å². The molecule has 0 bridgehead atoms. The molecule has 130 valence electrons. The van der Waals surface area contributed by atoms with Crippen molar-refractivity contribution in [3.8, 4) is 18.2 Å². The van der Waals surface area contributed by atoms with E-state index in [0.29, 0.717) is 16.0 Å². The van der Waals surface area contributed by atoms with Crippen LogP contribution in [0.2, 0.25) is 0 Å². The van der Waals surface area contributed by atoms with Crippen molar-refractivity contribution in [3.05, 3.63) is 35.2 Å². The number of nitriles is 3. The zero-order valence-corrected chi connectivity index (χ0v) is 15.5. The zero-order valence-electron chi connectivity index (χ0n) is 14.7. The molecule has 8 heteroatoms. The van der Waals surface area contributed by atoms with E-state index < -0.39 is 5.97 Å². The normalized spacial score (nSPS) is 9.73. The first-order chi connectivity index (χ1) is 12.4. The van der Waals surface area contributed by atoms with Crippen molar-refractivity contribution in [1.29, 1.82) is 15.8 Å². The Morgan fingerprint density at radius 1 is 1.23 bits per heavy atom. The van der Waals surface area contributed by atoms with Crippen molar-refractivity contribution < 1.29 is 9.53 Å². The molecule has 0 aliphatic heterocycles. The van der Waals surface area contributed by atoms with Crippen molar-refractivity contribution in [2.45, 2.75) is 4.90 Å². The standard InChI is InChI=1S/C18H15N5O2S/c1-22(2)12-5-6-23-14(7-12)15(13(10-21)11(8-19)9-20)17(26-4)16(23)18(24)25-3/h5-7H,1-4H3. The van der Waals surface area contributed by atoms with Gasteiger partial charge in [-0.3, -0.25) is 0 Å². The number of hydrogen-bond acceptors (Lipinski definition) is 7. The first-order valence-electron chi connectivity index (χ1n) is 7.37. The van der Waals surface area contributed by atoms with Crippen molar-refractivity contribution in [3.63, 3.8) is 0 Å². The molecule has 0 unspecified atom stereocenters. The number of esters is 1. The van der Waals surface area contributed by atoms with Gasteiger partial charge in [-0.05, 0) is 18.4 Å². The van der Waals surface area contributed by atoms with E-state index in [-0.39, 0.29) is 16.8 Å². The average Bonchev–Trinajstić information content (AvgIpc) is 2.98. The lowest BCUT2D eigenvalue weighted by atomic mass is 10.0. The Morgan fingerprint density at radius 2 is 1.88 bits per heavy atom. The molecular formula is C18H15N5O2S. The van der Waals surface area contributed by atoms with Crippen LogP contribution in [0, 0.1) is 34.0 Å². The second kappa shape index (κ2) is 7.65. The van der Waals surface area contributed by atoms with E-state index in [1.807, 2.05) is 31.1 Å². The number of allylic oxidation sites excluding steroid dienone is 2. The Kier molecular flexibility index (Phi) is 5.57. The lowest BCUT2D eigenvalue weighted by molar-refractivity contribution is 0.0589. The van der Waals surface area contributed by atoms with Crippen molar-refractivity contribution in [2.75, 3.05) is 32.4 Å². The van der Waals surface area contributed by atoms with E-state index in [4.69, 9.17) is 4.74 Å². The highest BCUT2D eigenvalue weighted by Gasteiger charge is 2.27. The topological polar surface area (TPSA) is 105 Å². The van der Waals surface area contributed by atoms with E-state index in [2.05, 4.69) is 0 Å². The minimum atomic E-state index is -0.569. The van der Waals surface area contributed by atoms with Crippen LogP contribution in [0.1, 0.15) is 16.1 Å². The monoisotopic (exact) mass is 365 g/mol. The number of carbonyl (C=O) groups is 1. The number of methoxy groups -OCH3 is 1. The molecule has 0 amide bonds. The molecule has 0 fully saturated rings. The largest absolute Gasteiger partial charge is 0.464 e. The zero-order chi connectivity index (χ0) is 19.4. The highest BCUT2D eigenvalue weighted by molar-refractivity contribution is 7.98. The lowest BCUT2D eigenvalue weighted by Crippen LogP contribution is -2.10. The number of anilines is 1. The Morgan fingerprint density at radius 3 is 2.35 bits per heavy atom. The fraction of sp³-hybridized carbons (Fsp3) is 0.222. The summed E-state index contributed by atoms with van der Waals surface area (Å²) in [7, 11) is 5.00. The van der Waals surface area contributed by atoms with Crippen LogP contribution in [-0.2, 0) is 4.74 Å². The summed E-state index contributed by atoms with van der Waals surface area (Å²) in [6.45, 7) is 0. The number of rotatable bonds is 4. The Balaban J connectivity index is 3.10. The minimum Gasteiger partial charge on any atom is -0.464 e. The molecule has 0 aliphatic carbocycles. The summed E-state index contributed by atoms with van der Waals surface area (Å²) < 4.78 is 6.51. The van der Waals surface area contributed by atoms with Crippen LogP contribution < -0.4 is 4.90 Å². The molecule has 7 nitrogen and oxygen atoms in total. The van der Waals surface area contributed by atoms with Gasteiger partial charge in [-0.2, -0.15) is 15.8 Å². The highest BCUT2D eigenvalue weighted by atomic mass is 32.2. The molecule has 0 radical (unpaired) electrons. The SMILES string of the molecule is COC(=O)c1c(SC)c(C(C#N)=C(C#N)C#N)c2cc(N(C)C)ccn12. The maximum absolute atomic E-state index is 12.4. The molecule has 0 aromatic carbocycles. The molecule has 0 saturated carbocycles. The fourth-order valence-electron chi connectivity index (χ4n) is 2.60. The highest BCUT2D eigenvalue weighted by Crippen LogP contribution is 2.38. The van der Waals surface area contributed by atoms with Gasteiger partial charge in [0.2, 0.25) is 0 Å². The maximum atomic E-state index is 12.4. The molecule has 0 atom stereocenters. The van der Waals surface area contributed by atoms with Gasteiger partial charge in [0.15, 0.2) is 0 Å². The second-order valence-electron chi connectivity index (χ2n) is 5.37. The Hall–Kier alpha value is -3.41. The number of hydrogen-bond donors (Lipinski definition) is 0. The predicted octanol–water partition coefficient (Wildman–Crippen LogP) is 2.84. The van der Waals surface area contributed by atoms with Crippen molar-refractivity contribution >= 4 is 34.5 Å². The van der Waals surface area contributed by atoms with Crippen LogP contribution in [0.15, 0.2) is 28.8 Å². The van der Waals surface area contributed by atoms with Crippen molar-refractivity contribution in [2.24, 2.45) is 0 Å². The van der Waals surface area contributed by atoms with Gasteiger partial charge in [0, 0.05) is 36.4 Å². The molecule has 0 aliphatic rings. The Bertz CT molecular complexity index is 1030. The smallest absolute Gasteiger partial charge is 0.356 e. The van der Waals surface area contributed by atoms with Gasteiger partial charge in [-0.1, -0.05) is 0 Å². The summed E-state index contributed by atoms with van der Waals surface area (Å²) in [5.41, 5.74) is 1.64. The molecule has 0 saturated heterocycles. The first kappa shape index (κ1) is 18.9. The van der Waals surface area contributed by atoms with Crippen LogP contribution in [0.5, 0.6) is 0 Å². The van der Waals surface area contributed by atoms with E-state index in [1.54, 1.807) is 35.1 Å². The number of ether oxygens (including phenoxy) is 1. The third kappa shape index (κ3) is 2.97. The molecule has 2 aromatic rings. The molecular weight excluding hydrogens is 350 g/mol. The van der Waals surface area contributed by atoms with Gasteiger partial charge in [0.1, 0.15) is 29.5 Å². The minimum absolute atomic E-state index is 0.0668. The number of nitrogens with zero attached hydrogens (tertiary/aromatic N) is 5. The fourth-order valence-corrected chi connectivity index (χ4v) is 3.39. The number of pyridine rings is 1. The van der Waals surface area contributed by atoms with Gasteiger partial charge in [0.25, 0.3) is 0 Å². The van der Waals surface area contributed by atoms with Gasteiger partial charge in [-0.25, -0.2) is 4.79 Å². The number of aromatic nitrogens is 1. The average molecular weight is 365 g/mol. The van der Waals surface area contributed by atoms with Crippen molar-refractivity contribution in [1.82, 2.24) is 4.40 Å². The van der Waals surface area contributed by atoms with Gasteiger partial charge in [-0.15, -0.1) is 11.8 Å². The van der Waals surface area contributed by atoms with Gasteiger partial charge >= 0.3 is 5.97 Å². The summed E-state index contributed by atoms with van der Waals surface area (Å²) in [5, 5.41) is 28.1. The summed E-state index contributed by atoms with van der Waals surface area (Å²) >= 11 is 1.25.